The largest absolute Gasteiger partial charge is 0.457 e. The van der Waals surface area contributed by atoms with Gasteiger partial charge in [0.15, 0.2) is 0 Å². The van der Waals surface area contributed by atoms with Crippen molar-refractivity contribution in [3.8, 4) is 33.9 Å². The maximum atomic E-state index is 11.7. The van der Waals surface area contributed by atoms with Crippen molar-refractivity contribution in [1.82, 2.24) is 0 Å². The van der Waals surface area contributed by atoms with Crippen molar-refractivity contribution in [3.05, 3.63) is 121 Å². The average molecular weight is 491 g/mol. The molecule has 1 heterocycles. The zero-order valence-corrected chi connectivity index (χ0v) is 20.7. The molecule has 4 rings (SSSR count). The van der Waals surface area contributed by atoms with E-state index < -0.39 is 11.9 Å². The molecule has 5 nitrogen and oxygen atoms in total. The topological polar surface area (TPSA) is 65.7 Å². The Labute approximate surface area is 216 Å². The normalized spacial score (nSPS) is 10.8. The molecular weight excluding hydrogens is 464 g/mol. The van der Waals surface area contributed by atoms with Crippen molar-refractivity contribution in [1.29, 1.82) is 0 Å². The maximum Gasteiger partial charge on any atom is 0.338 e. The third-order valence-corrected chi connectivity index (χ3v) is 5.42. The van der Waals surface area contributed by atoms with Crippen LogP contribution in [0.2, 0.25) is 0 Å². The Bertz CT molecular complexity index is 1470. The minimum atomic E-state index is -0.445. The van der Waals surface area contributed by atoms with Gasteiger partial charge >= 0.3 is 11.9 Å². The number of furan rings is 1. The van der Waals surface area contributed by atoms with Crippen LogP contribution >= 0.6 is 0 Å². The van der Waals surface area contributed by atoms with E-state index in [4.69, 9.17) is 13.9 Å². The standard InChI is InChI=1S/C32H26O5/c1-21(2)31(33)36-28-15-6-23(7-16-28)5-14-27-19-20-30(35-27)26-10-8-24(9-11-26)25-12-17-29(18-13-25)37-32(34)22(3)4/h5-20H,1,3H2,2,4H3/b14-5+. The Morgan fingerprint density at radius 1 is 0.622 bits per heavy atom. The van der Waals surface area contributed by atoms with Crippen LogP contribution in [0.3, 0.4) is 0 Å². The summed E-state index contributed by atoms with van der Waals surface area (Å²) in [5.41, 5.74) is 4.64. The van der Waals surface area contributed by atoms with Crippen molar-refractivity contribution in [2.24, 2.45) is 0 Å². The van der Waals surface area contributed by atoms with Crippen LogP contribution in [0.4, 0.5) is 0 Å². The second kappa shape index (κ2) is 11.2. The first-order valence-electron chi connectivity index (χ1n) is 11.6. The van der Waals surface area contributed by atoms with Crippen LogP contribution in [0.5, 0.6) is 11.5 Å². The molecule has 0 N–H and O–H groups in total. The van der Waals surface area contributed by atoms with Gasteiger partial charge in [0.05, 0.1) is 0 Å². The van der Waals surface area contributed by atoms with Crippen LogP contribution in [0.15, 0.2) is 114 Å². The van der Waals surface area contributed by atoms with Gasteiger partial charge in [-0.2, -0.15) is 0 Å². The van der Waals surface area contributed by atoms with Gasteiger partial charge in [-0.1, -0.05) is 67.8 Å². The first-order valence-corrected chi connectivity index (χ1v) is 11.6. The summed E-state index contributed by atoms with van der Waals surface area (Å²) in [4.78, 5) is 23.3. The summed E-state index contributed by atoms with van der Waals surface area (Å²) in [6, 6.07) is 26.4. The highest BCUT2D eigenvalue weighted by molar-refractivity contribution is 5.89. The molecule has 0 unspecified atom stereocenters. The van der Waals surface area contributed by atoms with Crippen LogP contribution < -0.4 is 9.47 Å². The summed E-state index contributed by atoms with van der Waals surface area (Å²) in [5, 5.41) is 0. The van der Waals surface area contributed by atoms with E-state index in [1.54, 1.807) is 38.1 Å². The smallest absolute Gasteiger partial charge is 0.338 e. The molecule has 0 bridgehead atoms. The molecule has 0 saturated carbocycles. The lowest BCUT2D eigenvalue weighted by Crippen LogP contribution is -2.07. The minimum absolute atomic E-state index is 0.352. The van der Waals surface area contributed by atoms with Gasteiger partial charge in [-0.15, -0.1) is 0 Å². The average Bonchev–Trinajstić information content (AvgIpc) is 3.38. The van der Waals surface area contributed by atoms with Gasteiger partial charge in [0, 0.05) is 16.7 Å². The first-order chi connectivity index (χ1) is 17.8. The van der Waals surface area contributed by atoms with Gasteiger partial charge < -0.3 is 13.9 Å². The molecule has 5 heteroatoms. The van der Waals surface area contributed by atoms with E-state index in [2.05, 4.69) is 13.2 Å². The fourth-order valence-corrected chi connectivity index (χ4v) is 3.35. The number of rotatable bonds is 8. The lowest BCUT2D eigenvalue weighted by atomic mass is 10.0. The summed E-state index contributed by atoms with van der Waals surface area (Å²) < 4.78 is 16.4. The molecule has 3 aromatic carbocycles. The molecule has 0 saturated heterocycles. The number of carbonyl (C=O) groups is 2. The Morgan fingerprint density at radius 2 is 1.08 bits per heavy atom. The van der Waals surface area contributed by atoms with Gasteiger partial charge in [0.25, 0.3) is 0 Å². The zero-order valence-electron chi connectivity index (χ0n) is 20.7. The lowest BCUT2D eigenvalue weighted by Gasteiger charge is -2.06. The number of hydrogen-bond donors (Lipinski definition) is 0. The molecule has 0 spiro atoms. The van der Waals surface area contributed by atoms with Crippen LogP contribution in [0.1, 0.15) is 25.2 Å². The van der Waals surface area contributed by atoms with E-state index in [-0.39, 0.29) is 0 Å². The highest BCUT2D eigenvalue weighted by Gasteiger charge is 2.08. The number of benzene rings is 3. The Kier molecular flexibility index (Phi) is 7.65. The van der Waals surface area contributed by atoms with Gasteiger partial charge in [0.1, 0.15) is 23.0 Å². The summed E-state index contributed by atoms with van der Waals surface area (Å²) in [7, 11) is 0. The Balaban J connectivity index is 1.39. The number of ether oxygens (including phenoxy) is 2. The molecule has 0 aliphatic heterocycles. The summed E-state index contributed by atoms with van der Waals surface area (Å²) in [6.45, 7) is 10.4. The fourth-order valence-electron chi connectivity index (χ4n) is 3.35. The molecule has 0 aliphatic rings. The van der Waals surface area contributed by atoms with Crippen molar-refractivity contribution in [2.45, 2.75) is 13.8 Å². The van der Waals surface area contributed by atoms with E-state index >= 15 is 0 Å². The predicted molar refractivity (Wildman–Crippen MR) is 146 cm³/mol. The third kappa shape index (κ3) is 6.61. The summed E-state index contributed by atoms with van der Waals surface area (Å²) in [5.74, 6) is 1.54. The predicted octanol–water partition coefficient (Wildman–Crippen LogP) is 7.75. The van der Waals surface area contributed by atoms with Crippen LogP contribution in [-0.4, -0.2) is 11.9 Å². The quantitative estimate of drug-likeness (QED) is 0.144. The van der Waals surface area contributed by atoms with Crippen molar-refractivity contribution >= 4 is 24.1 Å². The molecule has 0 aliphatic carbocycles. The molecule has 0 amide bonds. The Morgan fingerprint density at radius 3 is 1.59 bits per heavy atom. The highest BCUT2D eigenvalue weighted by atomic mass is 16.5. The van der Waals surface area contributed by atoms with E-state index in [0.717, 1.165) is 33.8 Å². The van der Waals surface area contributed by atoms with Crippen molar-refractivity contribution in [2.75, 3.05) is 0 Å². The van der Waals surface area contributed by atoms with E-state index in [9.17, 15) is 9.59 Å². The second-order valence-electron chi connectivity index (χ2n) is 8.55. The highest BCUT2D eigenvalue weighted by Crippen LogP contribution is 2.28. The van der Waals surface area contributed by atoms with Gasteiger partial charge in [-0.3, -0.25) is 0 Å². The fraction of sp³-hybridized carbons (Fsp3) is 0.0625. The first kappa shape index (κ1) is 25.2. The van der Waals surface area contributed by atoms with Gasteiger partial charge in [0.2, 0.25) is 0 Å². The van der Waals surface area contributed by atoms with E-state index in [1.807, 2.05) is 72.8 Å². The van der Waals surface area contributed by atoms with Crippen molar-refractivity contribution in [3.63, 3.8) is 0 Å². The molecule has 1 aromatic heterocycles. The molecule has 4 aromatic rings. The van der Waals surface area contributed by atoms with Gasteiger partial charge in [-0.25, -0.2) is 9.59 Å². The molecular formula is C32H26O5. The van der Waals surface area contributed by atoms with E-state index in [1.165, 1.54) is 0 Å². The molecule has 184 valence electrons. The number of carbonyl (C=O) groups excluding carboxylic acids is 2. The summed E-state index contributed by atoms with van der Waals surface area (Å²) in [6.07, 6.45) is 3.81. The van der Waals surface area contributed by atoms with Crippen LogP contribution in [0, 0.1) is 0 Å². The lowest BCUT2D eigenvalue weighted by molar-refractivity contribution is -0.130. The van der Waals surface area contributed by atoms with Crippen molar-refractivity contribution < 1.29 is 23.5 Å². The molecule has 0 atom stereocenters. The molecule has 37 heavy (non-hydrogen) atoms. The molecule has 0 fully saturated rings. The maximum absolute atomic E-state index is 11.7. The van der Waals surface area contributed by atoms with Gasteiger partial charge in [-0.05, 0) is 73.0 Å². The van der Waals surface area contributed by atoms with Crippen LogP contribution in [-0.2, 0) is 9.59 Å². The second-order valence-corrected chi connectivity index (χ2v) is 8.55. The molecule has 0 radical (unpaired) electrons. The SMILES string of the molecule is C=C(C)C(=O)Oc1ccc(/C=C/c2ccc(-c3ccc(-c4ccc(OC(=O)C(=C)C)cc4)cc3)o2)cc1. The Hall–Kier alpha value is -4.90. The number of hydrogen-bond acceptors (Lipinski definition) is 5. The van der Waals surface area contributed by atoms with E-state index in [0.29, 0.717) is 22.6 Å². The third-order valence-electron chi connectivity index (χ3n) is 5.42. The zero-order chi connectivity index (χ0) is 26.4. The monoisotopic (exact) mass is 490 g/mol. The summed E-state index contributed by atoms with van der Waals surface area (Å²) >= 11 is 0. The minimum Gasteiger partial charge on any atom is -0.457 e. The number of esters is 2. The van der Waals surface area contributed by atoms with Crippen LogP contribution in [0.25, 0.3) is 34.6 Å².